The van der Waals surface area contributed by atoms with Crippen molar-refractivity contribution in [2.75, 3.05) is 0 Å². The second-order valence-corrected chi connectivity index (χ2v) is 26.5. The molecule has 4 atom stereocenters. The van der Waals surface area contributed by atoms with Crippen molar-refractivity contribution in [3.8, 4) is 0 Å². The van der Waals surface area contributed by atoms with Crippen LogP contribution in [-0.4, -0.2) is 56.7 Å². The van der Waals surface area contributed by atoms with Crippen LogP contribution in [0.1, 0.15) is 96.4 Å². The van der Waals surface area contributed by atoms with Gasteiger partial charge in [-0.05, 0) is 70.9 Å². The number of rotatable bonds is 12. The predicted molar refractivity (Wildman–Crippen MR) is 161 cm³/mol. The molecule has 0 saturated carbocycles. The van der Waals surface area contributed by atoms with Crippen molar-refractivity contribution < 1.29 is 23.2 Å². The summed E-state index contributed by atoms with van der Waals surface area (Å²) >= 11 is 1.75. The smallest absolute Gasteiger partial charge is 0.308 e. The van der Waals surface area contributed by atoms with Crippen LogP contribution >= 0.6 is 11.8 Å². The fourth-order valence-corrected chi connectivity index (χ4v) is 8.10. The van der Waals surface area contributed by atoms with Crippen LogP contribution in [0.3, 0.4) is 0 Å². The standard InChI is InChI=1S/C28H58O5SSi2/c1-20(19-29)24(33-36(16,17)27(9,10)11)21(2)34-28(12,13)22(18-23(30)31-25(3,4)5)32-35(14,15)26(6,7)8/h19-22,24H,18H2,1-17H3/t20-,21-,22?,24-/m0/s1. The number of thioether (sulfide) groups is 1. The molecule has 0 aliphatic carbocycles. The monoisotopic (exact) mass is 562 g/mol. The molecule has 0 bridgehead atoms. The normalized spacial score (nSPS) is 17.8. The Hall–Kier alpha value is -0.156. The highest BCUT2D eigenvalue weighted by Gasteiger charge is 2.47. The Morgan fingerprint density at radius 3 is 1.58 bits per heavy atom. The van der Waals surface area contributed by atoms with Crippen molar-refractivity contribution in [1.29, 1.82) is 0 Å². The van der Waals surface area contributed by atoms with Crippen LogP contribution < -0.4 is 0 Å². The first kappa shape index (κ1) is 35.8. The molecule has 0 aliphatic heterocycles. The average molecular weight is 563 g/mol. The van der Waals surface area contributed by atoms with Gasteiger partial charge in [-0.1, -0.05) is 55.4 Å². The van der Waals surface area contributed by atoms with Gasteiger partial charge in [-0.2, -0.15) is 0 Å². The molecular formula is C28H58O5SSi2. The van der Waals surface area contributed by atoms with E-state index in [1.165, 1.54) is 0 Å². The zero-order chi connectivity index (χ0) is 29.1. The van der Waals surface area contributed by atoms with Gasteiger partial charge < -0.3 is 18.4 Å². The van der Waals surface area contributed by atoms with Crippen molar-refractivity contribution in [2.45, 2.75) is 160 Å². The summed E-state index contributed by atoms with van der Waals surface area (Å²) in [7, 11) is -4.27. The van der Waals surface area contributed by atoms with Crippen molar-refractivity contribution in [3.63, 3.8) is 0 Å². The largest absolute Gasteiger partial charge is 0.460 e. The number of esters is 1. The Bertz CT molecular complexity index is 730. The zero-order valence-electron chi connectivity index (χ0n) is 26.5. The molecule has 0 aromatic carbocycles. The summed E-state index contributed by atoms with van der Waals surface area (Å²) in [5.74, 6) is -0.481. The first-order valence-electron chi connectivity index (χ1n) is 13.4. The Labute approximate surface area is 229 Å². The maximum atomic E-state index is 13.0. The lowest BCUT2D eigenvalue weighted by atomic mass is 10.0. The molecule has 0 rings (SSSR count). The summed E-state index contributed by atoms with van der Waals surface area (Å²) in [6, 6.07) is 0. The number of ether oxygens (including phenoxy) is 1. The van der Waals surface area contributed by atoms with Gasteiger partial charge in [-0.3, -0.25) is 4.79 Å². The molecule has 0 fully saturated rings. The third-order valence-electron chi connectivity index (χ3n) is 7.71. The first-order chi connectivity index (χ1) is 15.7. The highest BCUT2D eigenvalue weighted by molar-refractivity contribution is 8.01. The number of carbonyl (C=O) groups excluding carboxylic acids is 2. The summed E-state index contributed by atoms with van der Waals surface area (Å²) < 4.78 is 19.0. The summed E-state index contributed by atoms with van der Waals surface area (Å²) in [5, 5.41) is 0.0720. The summed E-state index contributed by atoms with van der Waals surface area (Å²) in [5.41, 5.74) is -0.551. The lowest BCUT2D eigenvalue weighted by molar-refractivity contribution is -0.157. The lowest BCUT2D eigenvalue weighted by Crippen LogP contribution is -2.52. The highest BCUT2D eigenvalue weighted by Crippen LogP contribution is 2.45. The van der Waals surface area contributed by atoms with Crippen LogP contribution in [0.25, 0.3) is 0 Å². The molecule has 8 heteroatoms. The SMILES string of the molecule is C[C@H](SC(C)(C)C(CC(=O)OC(C)(C)C)O[Si](C)(C)C(C)(C)C)[C@@H](O[Si](C)(C)C(C)(C)C)[C@@H](C)C=O. The quantitative estimate of drug-likeness (QED) is 0.136. The molecule has 0 amide bonds. The molecule has 1 unspecified atom stereocenters. The second kappa shape index (κ2) is 12.4. The third kappa shape index (κ3) is 10.9. The zero-order valence-corrected chi connectivity index (χ0v) is 29.4. The summed E-state index contributed by atoms with van der Waals surface area (Å²) in [6.07, 6.45) is 0.642. The van der Waals surface area contributed by atoms with E-state index >= 15 is 0 Å². The Morgan fingerprint density at radius 2 is 1.22 bits per heavy atom. The molecular weight excluding hydrogens is 505 g/mol. The molecule has 36 heavy (non-hydrogen) atoms. The Balaban J connectivity index is 6.16. The molecule has 0 aliphatic rings. The fourth-order valence-electron chi connectivity index (χ4n) is 3.34. The topological polar surface area (TPSA) is 61.8 Å². The van der Waals surface area contributed by atoms with E-state index in [4.69, 9.17) is 13.6 Å². The van der Waals surface area contributed by atoms with Crippen LogP contribution in [0, 0.1) is 5.92 Å². The van der Waals surface area contributed by atoms with E-state index in [2.05, 4.69) is 88.5 Å². The first-order valence-corrected chi connectivity index (χ1v) is 20.1. The minimum Gasteiger partial charge on any atom is -0.460 e. The number of carbonyl (C=O) groups is 2. The Morgan fingerprint density at radius 1 is 0.806 bits per heavy atom. The van der Waals surface area contributed by atoms with Gasteiger partial charge >= 0.3 is 5.97 Å². The van der Waals surface area contributed by atoms with Gasteiger partial charge in [0.2, 0.25) is 0 Å². The van der Waals surface area contributed by atoms with Crippen molar-refractivity contribution in [3.05, 3.63) is 0 Å². The second-order valence-electron chi connectivity index (χ2n) is 14.9. The van der Waals surface area contributed by atoms with E-state index in [-0.39, 0.29) is 45.8 Å². The van der Waals surface area contributed by atoms with Crippen molar-refractivity contribution >= 4 is 40.7 Å². The number of hydrogen-bond donors (Lipinski definition) is 0. The maximum Gasteiger partial charge on any atom is 0.308 e. The van der Waals surface area contributed by atoms with Gasteiger partial charge in [0.1, 0.15) is 11.9 Å². The van der Waals surface area contributed by atoms with Gasteiger partial charge in [-0.15, -0.1) is 11.8 Å². The molecule has 214 valence electrons. The lowest BCUT2D eigenvalue weighted by Gasteiger charge is -2.46. The molecule has 0 N–H and O–H groups in total. The van der Waals surface area contributed by atoms with Gasteiger partial charge in [0.15, 0.2) is 16.6 Å². The van der Waals surface area contributed by atoms with Crippen molar-refractivity contribution in [1.82, 2.24) is 0 Å². The third-order valence-corrected chi connectivity index (χ3v) is 18.2. The van der Waals surface area contributed by atoms with E-state index < -0.39 is 27.0 Å². The summed E-state index contributed by atoms with van der Waals surface area (Å²) in [4.78, 5) is 24.9. The van der Waals surface area contributed by atoms with Gasteiger partial charge in [-0.25, -0.2) is 0 Å². The fraction of sp³-hybridized carbons (Fsp3) is 0.929. The molecule has 0 aromatic rings. The van der Waals surface area contributed by atoms with Crippen LogP contribution in [0.5, 0.6) is 0 Å². The molecule has 0 aromatic heterocycles. The van der Waals surface area contributed by atoms with Gasteiger partial charge in [0, 0.05) is 15.9 Å². The summed E-state index contributed by atoms with van der Waals surface area (Å²) in [6.45, 7) is 36.2. The number of aldehydes is 1. The van der Waals surface area contributed by atoms with E-state index in [1.807, 2.05) is 27.7 Å². The molecule has 0 saturated heterocycles. The van der Waals surface area contributed by atoms with Gasteiger partial charge in [0.25, 0.3) is 0 Å². The minimum absolute atomic E-state index is 0.00551. The van der Waals surface area contributed by atoms with Gasteiger partial charge in [0.05, 0.1) is 18.6 Å². The van der Waals surface area contributed by atoms with E-state index in [0.29, 0.717) is 0 Å². The molecule has 0 radical (unpaired) electrons. The predicted octanol–water partition coefficient (Wildman–Crippen LogP) is 8.23. The Kier molecular flexibility index (Phi) is 12.3. The average Bonchev–Trinajstić information content (AvgIpc) is 2.60. The van der Waals surface area contributed by atoms with E-state index in [1.54, 1.807) is 11.8 Å². The molecule has 5 nitrogen and oxygen atoms in total. The molecule has 0 heterocycles. The van der Waals surface area contributed by atoms with Crippen molar-refractivity contribution in [2.24, 2.45) is 5.92 Å². The highest BCUT2D eigenvalue weighted by atomic mass is 32.2. The minimum atomic E-state index is -2.17. The van der Waals surface area contributed by atoms with E-state index in [9.17, 15) is 9.59 Å². The van der Waals surface area contributed by atoms with Crippen LogP contribution in [0.4, 0.5) is 0 Å². The van der Waals surface area contributed by atoms with E-state index in [0.717, 1.165) is 6.29 Å². The van der Waals surface area contributed by atoms with Crippen LogP contribution in [-0.2, 0) is 23.2 Å². The molecule has 0 spiro atoms. The van der Waals surface area contributed by atoms with Crippen LogP contribution in [0.2, 0.25) is 36.3 Å². The van der Waals surface area contributed by atoms with Crippen LogP contribution in [0.15, 0.2) is 0 Å². The maximum absolute atomic E-state index is 13.0. The number of hydrogen-bond acceptors (Lipinski definition) is 6.